The lowest BCUT2D eigenvalue weighted by Crippen LogP contribution is -2.30. The number of nitrogens with zero attached hydrogens (tertiary/aromatic N) is 3. The van der Waals surface area contributed by atoms with Gasteiger partial charge in [-0.1, -0.05) is 78.5 Å². The van der Waals surface area contributed by atoms with Crippen LogP contribution in [0.1, 0.15) is 6.92 Å². The third kappa shape index (κ3) is 4.01. The smallest absolute Gasteiger partial charge is 0.269 e. The topological polar surface area (TPSA) is 35.9 Å². The number of para-hydroxylation sites is 2. The number of fused-ring (bicyclic) bond motifs is 1. The lowest BCUT2D eigenvalue weighted by atomic mass is 10.0. The van der Waals surface area contributed by atoms with Gasteiger partial charge in [-0.15, -0.1) is 6.58 Å². The molecule has 3 aromatic rings. The fourth-order valence-corrected chi connectivity index (χ4v) is 6.36. The van der Waals surface area contributed by atoms with E-state index < -0.39 is 0 Å². The molecule has 164 valence electrons. The number of amidine groups is 1. The fraction of sp³-hybridized carbons (Fsp3) is 0.111. The second-order valence-corrected chi connectivity index (χ2v) is 9.54. The Kier molecular flexibility index (Phi) is 6.11. The molecule has 0 saturated carbocycles. The van der Waals surface area contributed by atoms with Crippen molar-refractivity contribution in [3.8, 4) is 11.1 Å². The maximum absolute atomic E-state index is 13.5. The molecular weight excluding hydrogens is 446 g/mol. The van der Waals surface area contributed by atoms with E-state index in [1.54, 1.807) is 22.7 Å². The minimum Gasteiger partial charge on any atom is -0.334 e. The second-order valence-electron chi connectivity index (χ2n) is 7.53. The van der Waals surface area contributed by atoms with Crippen LogP contribution in [0, 0.1) is 0 Å². The van der Waals surface area contributed by atoms with Crippen LogP contribution in [0.15, 0.2) is 111 Å². The highest BCUT2D eigenvalue weighted by atomic mass is 32.2. The van der Waals surface area contributed by atoms with Crippen molar-refractivity contribution in [2.75, 3.05) is 18.0 Å². The SMILES string of the molecule is C=CCN1C(=O)C(=C2Sc3ccccc3N2CC)SC1=Nc1ccccc1-c1ccccc1. The van der Waals surface area contributed by atoms with Crippen molar-refractivity contribution in [1.29, 1.82) is 0 Å². The molecule has 33 heavy (non-hydrogen) atoms. The van der Waals surface area contributed by atoms with Crippen molar-refractivity contribution < 1.29 is 4.79 Å². The summed E-state index contributed by atoms with van der Waals surface area (Å²) in [6.45, 7) is 7.18. The maximum Gasteiger partial charge on any atom is 0.269 e. The molecule has 1 saturated heterocycles. The van der Waals surface area contributed by atoms with Gasteiger partial charge >= 0.3 is 0 Å². The highest BCUT2D eigenvalue weighted by Gasteiger charge is 2.39. The van der Waals surface area contributed by atoms with E-state index in [4.69, 9.17) is 4.99 Å². The summed E-state index contributed by atoms with van der Waals surface area (Å²) in [6, 6.07) is 26.5. The van der Waals surface area contributed by atoms with Gasteiger partial charge in [0.05, 0.1) is 11.4 Å². The standard InChI is InChI=1S/C27H23N3OS2/c1-3-18-30-25(31)24(26-29(4-2)22-16-10-11-17-23(22)32-26)33-27(30)28-21-15-9-8-14-20(21)19-12-6-5-7-13-19/h3,5-17H,1,4,18H2,2H3. The van der Waals surface area contributed by atoms with Gasteiger partial charge in [-0.2, -0.15) is 0 Å². The molecule has 3 aromatic carbocycles. The van der Waals surface area contributed by atoms with Crippen molar-refractivity contribution in [2.24, 2.45) is 4.99 Å². The number of aliphatic imine (C=N–C) groups is 1. The first-order chi connectivity index (χ1) is 16.2. The van der Waals surface area contributed by atoms with Crippen LogP contribution in [-0.2, 0) is 4.79 Å². The number of thioether (sulfide) groups is 2. The molecule has 0 radical (unpaired) electrons. The first-order valence-electron chi connectivity index (χ1n) is 10.8. The van der Waals surface area contributed by atoms with Crippen LogP contribution < -0.4 is 4.90 Å². The minimum atomic E-state index is -0.0235. The van der Waals surface area contributed by atoms with Crippen molar-refractivity contribution in [3.63, 3.8) is 0 Å². The number of hydrogen-bond acceptors (Lipinski definition) is 5. The summed E-state index contributed by atoms with van der Waals surface area (Å²) in [5, 5.41) is 1.66. The summed E-state index contributed by atoms with van der Waals surface area (Å²) < 4.78 is 0. The molecule has 0 spiro atoms. The lowest BCUT2D eigenvalue weighted by Gasteiger charge is -2.19. The monoisotopic (exact) mass is 469 g/mol. The molecule has 5 rings (SSSR count). The van der Waals surface area contributed by atoms with Gasteiger partial charge in [0, 0.05) is 23.5 Å². The number of amides is 1. The number of anilines is 1. The Hall–Kier alpha value is -3.22. The molecule has 2 aliphatic heterocycles. The zero-order valence-corrected chi connectivity index (χ0v) is 19.9. The summed E-state index contributed by atoms with van der Waals surface area (Å²) in [6.07, 6.45) is 1.75. The predicted octanol–water partition coefficient (Wildman–Crippen LogP) is 6.90. The number of rotatable bonds is 5. The summed E-state index contributed by atoms with van der Waals surface area (Å²) in [5.74, 6) is -0.0235. The van der Waals surface area contributed by atoms with Crippen molar-refractivity contribution in [2.45, 2.75) is 11.8 Å². The Morgan fingerprint density at radius 2 is 1.64 bits per heavy atom. The average molecular weight is 470 g/mol. The van der Waals surface area contributed by atoms with Crippen LogP contribution in [0.25, 0.3) is 11.1 Å². The van der Waals surface area contributed by atoms with E-state index in [1.165, 1.54) is 16.7 Å². The van der Waals surface area contributed by atoms with Crippen LogP contribution in [-0.4, -0.2) is 29.1 Å². The highest BCUT2D eigenvalue weighted by Crippen LogP contribution is 2.50. The molecular formula is C27H23N3OS2. The molecule has 0 aliphatic carbocycles. The Morgan fingerprint density at radius 1 is 0.909 bits per heavy atom. The lowest BCUT2D eigenvalue weighted by molar-refractivity contribution is -0.121. The third-order valence-corrected chi connectivity index (χ3v) is 7.88. The normalized spacial score (nSPS) is 18.8. The number of carbonyl (C=O) groups excluding carboxylic acids is 1. The van der Waals surface area contributed by atoms with Gasteiger partial charge in [-0.05, 0) is 42.4 Å². The van der Waals surface area contributed by atoms with Gasteiger partial charge in [-0.25, -0.2) is 4.99 Å². The van der Waals surface area contributed by atoms with Crippen molar-refractivity contribution in [1.82, 2.24) is 4.90 Å². The van der Waals surface area contributed by atoms with Crippen LogP contribution in [0.3, 0.4) is 0 Å². The Balaban J connectivity index is 1.58. The number of carbonyl (C=O) groups is 1. The van der Waals surface area contributed by atoms with Gasteiger partial charge in [0.25, 0.3) is 5.91 Å². The minimum absolute atomic E-state index is 0.0235. The van der Waals surface area contributed by atoms with Crippen molar-refractivity contribution >= 4 is 46.0 Å². The highest BCUT2D eigenvalue weighted by molar-refractivity contribution is 8.19. The Bertz CT molecular complexity index is 1280. The van der Waals surface area contributed by atoms with Gasteiger partial charge in [0.15, 0.2) is 5.17 Å². The number of benzene rings is 3. The summed E-state index contributed by atoms with van der Waals surface area (Å²) in [5.41, 5.74) is 4.13. The van der Waals surface area contributed by atoms with Gasteiger partial charge < -0.3 is 4.90 Å². The van der Waals surface area contributed by atoms with Crippen LogP contribution in [0.2, 0.25) is 0 Å². The quantitative estimate of drug-likeness (QED) is 0.301. The molecule has 0 aromatic heterocycles. The molecule has 0 N–H and O–H groups in total. The van der Waals surface area contributed by atoms with E-state index in [0.717, 1.165) is 39.0 Å². The molecule has 0 atom stereocenters. The number of hydrogen-bond donors (Lipinski definition) is 0. The fourth-order valence-electron chi connectivity index (χ4n) is 3.96. The summed E-state index contributed by atoms with van der Waals surface area (Å²) in [7, 11) is 0. The molecule has 1 amide bonds. The molecule has 0 unspecified atom stereocenters. The Morgan fingerprint density at radius 3 is 2.42 bits per heavy atom. The van der Waals surface area contributed by atoms with Crippen molar-refractivity contribution in [3.05, 3.63) is 101 Å². The molecule has 4 nitrogen and oxygen atoms in total. The van der Waals surface area contributed by atoms with E-state index in [1.807, 2.05) is 48.5 Å². The predicted molar refractivity (Wildman–Crippen MR) is 141 cm³/mol. The molecule has 2 aliphatic rings. The largest absolute Gasteiger partial charge is 0.334 e. The van der Waals surface area contributed by atoms with Crippen LogP contribution in [0.4, 0.5) is 11.4 Å². The molecule has 0 bridgehead atoms. The molecule has 6 heteroatoms. The zero-order valence-electron chi connectivity index (χ0n) is 18.3. The summed E-state index contributed by atoms with van der Waals surface area (Å²) >= 11 is 3.10. The van der Waals surface area contributed by atoms with E-state index >= 15 is 0 Å². The second kappa shape index (κ2) is 9.33. The van der Waals surface area contributed by atoms with E-state index in [9.17, 15) is 4.79 Å². The third-order valence-electron chi connectivity index (χ3n) is 5.50. The van der Waals surface area contributed by atoms with Crippen LogP contribution >= 0.6 is 23.5 Å². The molecule has 1 fully saturated rings. The van der Waals surface area contributed by atoms with Gasteiger partial charge in [-0.3, -0.25) is 9.69 Å². The van der Waals surface area contributed by atoms with E-state index in [0.29, 0.717) is 11.7 Å². The van der Waals surface area contributed by atoms with Crippen LogP contribution in [0.5, 0.6) is 0 Å². The van der Waals surface area contributed by atoms with Gasteiger partial charge in [0.1, 0.15) is 9.93 Å². The molecule has 2 heterocycles. The first-order valence-corrected chi connectivity index (χ1v) is 12.5. The van der Waals surface area contributed by atoms with Gasteiger partial charge in [0.2, 0.25) is 0 Å². The first kappa shape index (κ1) is 21.6. The van der Waals surface area contributed by atoms with E-state index in [2.05, 4.69) is 48.7 Å². The summed E-state index contributed by atoms with van der Waals surface area (Å²) in [4.78, 5) is 24.3. The van der Waals surface area contributed by atoms with E-state index in [-0.39, 0.29) is 5.91 Å². The zero-order chi connectivity index (χ0) is 22.8. The Labute approximate surface area is 202 Å². The average Bonchev–Trinajstić information content (AvgIpc) is 3.37. The maximum atomic E-state index is 13.5.